The van der Waals surface area contributed by atoms with Crippen LogP contribution in [0.4, 0.5) is 5.69 Å². The Hall–Kier alpha value is -1.70. The Kier molecular flexibility index (Phi) is 7.13. The number of hydrogen-bond donors (Lipinski definition) is 3. The summed E-state index contributed by atoms with van der Waals surface area (Å²) >= 11 is 5.96. The predicted octanol–water partition coefficient (Wildman–Crippen LogP) is 1.36. The van der Waals surface area contributed by atoms with E-state index in [2.05, 4.69) is 5.32 Å². The molecule has 1 aliphatic heterocycles. The monoisotopic (exact) mass is 377 g/mol. The van der Waals surface area contributed by atoms with Crippen LogP contribution in [-0.2, 0) is 9.53 Å². The minimum Gasteiger partial charge on any atom is -0.496 e. The molecule has 0 aliphatic carbocycles. The van der Waals surface area contributed by atoms with Crippen molar-refractivity contribution < 1.29 is 19.1 Å². The van der Waals surface area contributed by atoms with Gasteiger partial charge in [0.15, 0.2) is 0 Å². The van der Waals surface area contributed by atoms with Gasteiger partial charge in [-0.15, -0.1) is 12.4 Å². The third kappa shape index (κ3) is 4.23. The van der Waals surface area contributed by atoms with Crippen LogP contribution in [0.1, 0.15) is 23.2 Å². The Morgan fingerprint density at radius 3 is 2.54 bits per heavy atom. The van der Waals surface area contributed by atoms with E-state index in [1.54, 1.807) is 0 Å². The van der Waals surface area contributed by atoms with E-state index in [-0.39, 0.29) is 29.5 Å². The molecule has 5 N–H and O–H groups in total. The van der Waals surface area contributed by atoms with Gasteiger partial charge in [-0.3, -0.25) is 9.59 Å². The number of nitrogens with two attached hydrogens (primary N) is 2. The first-order valence-electron chi connectivity index (χ1n) is 7.18. The van der Waals surface area contributed by atoms with Crippen molar-refractivity contribution >= 4 is 41.5 Å². The Morgan fingerprint density at radius 1 is 1.38 bits per heavy atom. The lowest BCUT2D eigenvalue weighted by Gasteiger charge is -2.34. The molecule has 0 bridgehead atoms. The highest BCUT2D eigenvalue weighted by Crippen LogP contribution is 2.31. The van der Waals surface area contributed by atoms with Gasteiger partial charge in [-0.05, 0) is 18.9 Å². The average Bonchev–Trinajstić information content (AvgIpc) is 2.55. The summed E-state index contributed by atoms with van der Waals surface area (Å²) in [4.78, 5) is 24.2. The summed E-state index contributed by atoms with van der Waals surface area (Å²) in [7, 11) is 1.43. The number of carbonyl (C=O) groups is 2. The molecule has 0 aromatic heterocycles. The van der Waals surface area contributed by atoms with Crippen LogP contribution in [0.2, 0.25) is 5.02 Å². The molecule has 0 saturated carbocycles. The molecule has 1 heterocycles. The number of hydrogen-bond acceptors (Lipinski definition) is 5. The van der Waals surface area contributed by atoms with Gasteiger partial charge in [-0.1, -0.05) is 11.6 Å². The minimum atomic E-state index is -0.793. The number of ether oxygens (including phenoxy) is 2. The number of methoxy groups -OCH3 is 1. The highest BCUT2D eigenvalue weighted by molar-refractivity contribution is 6.33. The maximum Gasteiger partial charge on any atom is 0.255 e. The van der Waals surface area contributed by atoms with Gasteiger partial charge in [0.2, 0.25) is 5.91 Å². The lowest BCUT2D eigenvalue weighted by atomic mass is 9.79. The summed E-state index contributed by atoms with van der Waals surface area (Å²) in [6.45, 7) is 1.02. The van der Waals surface area contributed by atoms with Crippen molar-refractivity contribution in [2.24, 2.45) is 11.1 Å². The van der Waals surface area contributed by atoms with Crippen LogP contribution < -0.4 is 21.5 Å². The van der Waals surface area contributed by atoms with Gasteiger partial charge in [0.05, 0.1) is 28.8 Å². The van der Waals surface area contributed by atoms with Crippen molar-refractivity contribution in [3.8, 4) is 5.75 Å². The van der Waals surface area contributed by atoms with Crippen LogP contribution in [0.25, 0.3) is 0 Å². The topological polar surface area (TPSA) is 117 Å². The van der Waals surface area contributed by atoms with Crippen molar-refractivity contribution in [2.75, 3.05) is 32.6 Å². The van der Waals surface area contributed by atoms with Crippen LogP contribution in [0, 0.1) is 5.41 Å². The largest absolute Gasteiger partial charge is 0.496 e. The van der Waals surface area contributed by atoms with E-state index in [1.165, 1.54) is 19.2 Å². The summed E-state index contributed by atoms with van der Waals surface area (Å²) in [6.07, 6.45) is 0.949. The first kappa shape index (κ1) is 20.3. The molecule has 0 unspecified atom stereocenters. The molecule has 1 aromatic carbocycles. The quantitative estimate of drug-likeness (QED) is 0.669. The Labute approximate surface area is 151 Å². The number of carbonyl (C=O) groups excluding carboxylic acids is 2. The van der Waals surface area contributed by atoms with E-state index in [0.29, 0.717) is 37.5 Å². The highest BCUT2D eigenvalue weighted by Gasteiger charge is 2.38. The van der Waals surface area contributed by atoms with Crippen LogP contribution in [0.5, 0.6) is 5.75 Å². The second kappa shape index (κ2) is 8.41. The number of rotatable bonds is 5. The van der Waals surface area contributed by atoms with Crippen molar-refractivity contribution in [1.82, 2.24) is 5.32 Å². The molecule has 1 fully saturated rings. The number of amides is 2. The van der Waals surface area contributed by atoms with Crippen LogP contribution in [-0.4, -0.2) is 38.7 Å². The highest BCUT2D eigenvalue weighted by atomic mass is 35.5. The number of nitrogens with one attached hydrogen (secondary N) is 1. The van der Waals surface area contributed by atoms with E-state index in [0.717, 1.165) is 0 Å². The van der Waals surface area contributed by atoms with Crippen molar-refractivity contribution in [3.05, 3.63) is 22.7 Å². The van der Waals surface area contributed by atoms with Gasteiger partial charge in [-0.25, -0.2) is 0 Å². The first-order valence-corrected chi connectivity index (χ1v) is 7.56. The zero-order chi connectivity index (χ0) is 17.0. The van der Waals surface area contributed by atoms with E-state index < -0.39 is 17.2 Å². The van der Waals surface area contributed by atoms with E-state index in [9.17, 15) is 9.59 Å². The molecule has 0 atom stereocenters. The predicted molar refractivity (Wildman–Crippen MR) is 93.7 cm³/mol. The Morgan fingerprint density at radius 2 is 2.00 bits per heavy atom. The molecule has 2 amide bonds. The fourth-order valence-corrected chi connectivity index (χ4v) is 2.70. The Balaban J connectivity index is 0.00000288. The summed E-state index contributed by atoms with van der Waals surface area (Å²) in [6, 6.07) is 2.92. The second-order valence-corrected chi connectivity index (χ2v) is 5.92. The SMILES string of the molecule is COc1cc(N)c(Cl)cc1C(=O)NCC1(C(N)=O)CCOCC1.Cl. The summed E-state index contributed by atoms with van der Waals surface area (Å²) in [5.74, 6) is -0.538. The fraction of sp³-hybridized carbons (Fsp3) is 0.467. The van der Waals surface area contributed by atoms with Gasteiger partial charge in [0.25, 0.3) is 5.91 Å². The third-order valence-electron chi connectivity index (χ3n) is 4.12. The van der Waals surface area contributed by atoms with Crippen molar-refractivity contribution in [3.63, 3.8) is 0 Å². The van der Waals surface area contributed by atoms with Gasteiger partial charge < -0.3 is 26.3 Å². The smallest absolute Gasteiger partial charge is 0.255 e. The molecule has 1 saturated heterocycles. The molecular weight excluding hydrogens is 357 g/mol. The number of nitrogen functional groups attached to an aromatic ring is 1. The van der Waals surface area contributed by atoms with Gasteiger partial charge >= 0.3 is 0 Å². The Bertz CT molecular complexity index is 619. The number of primary amides is 1. The number of anilines is 1. The van der Waals surface area contributed by atoms with Crippen molar-refractivity contribution in [1.29, 1.82) is 0 Å². The lowest BCUT2D eigenvalue weighted by molar-refractivity contribution is -0.132. The molecule has 0 spiro atoms. The maximum absolute atomic E-state index is 12.4. The van der Waals surface area contributed by atoms with Crippen molar-refractivity contribution in [2.45, 2.75) is 12.8 Å². The number of benzene rings is 1. The molecule has 2 rings (SSSR count). The normalized spacial score (nSPS) is 15.9. The lowest BCUT2D eigenvalue weighted by Crippen LogP contribution is -2.49. The molecule has 1 aliphatic rings. The summed E-state index contributed by atoms with van der Waals surface area (Å²) < 4.78 is 10.4. The standard InChI is InChI=1S/C15H20ClN3O4.ClH/c1-22-12-7-11(17)10(16)6-9(12)13(20)19-8-15(14(18)21)2-4-23-5-3-15;/h6-7H,2-5,8,17H2,1H3,(H2,18,21)(H,19,20);1H. The van der Waals surface area contributed by atoms with Crippen LogP contribution >= 0.6 is 24.0 Å². The zero-order valence-electron chi connectivity index (χ0n) is 13.3. The number of halogens is 2. The molecule has 9 heteroatoms. The summed E-state index contributed by atoms with van der Waals surface area (Å²) in [5.41, 5.74) is 11.0. The molecule has 0 radical (unpaired) electrons. The van der Waals surface area contributed by atoms with E-state index in [4.69, 9.17) is 32.5 Å². The second-order valence-electron chi connectivity index (χ2n) is 5.51. The fourth-order valence-electron chi connectivity index (χ4n) is 2.53. The summed E-state index contributed by atoms with van der Waals surface area (Å²) in [5, 5.41) is 2.99. The molecule has 24 heavy (non-hydrogen) atoms. The molecule has 1 aromatic rings. The van der Waals surface area contributed by atoms with Gasteiger partial charge in [0.1, 0.15) is 5.75 Å². The molecular formula is C15H21Cl2N3O4. The third-order valence-corrected chi connectivity index (χ3v) is 4.45. The van der Waals surface area contributed by atoms with E-state index in [1.807, 2.05) is 0 Å². The average molecular weight is 378 g/mol. The van der Waals surface area contributed by atoms with E-state index >= 15 is 0 Å². The van der Waals surface area contributed by atoms with Gasteiger partial charge in [0, 0.05) is 25.8 Å². The maximum atomic E-state index is 12.4. The van der Waals surface area contributed by atoms with Crippen LogP contribution in [0.15, 0.2) is 12.1 Å². The molecule has 7 nitrogen and oxygen atoms in total. The first-order chi connectivity index (χ1) is 10.9. The van der Waals surface area contributed by atoms with Crippen LogP contribution in [0.3, 0.4) is 0 Å². The minimum absolute atomic E-state index is 0. The zero-order valence-corrected chi connectivity index (χ0v) is 14.8. The van der Waals surface area contributed by atoms with Gasteiger partial charge in [-0.2, -0.15) is 0 Å². The molecule has 134 valence electrons.